The van der Waals surface area contributed by atoms with Gasteiger partial charge in [-0.15, -0.1) is 11.3 Å². The van der Waals surface area contributed by atoms with Crippen molar-refractivity contribution in [3.8, 4) is 0 Å². The number of nitrogens with zero attached hydrogens (tertiary/aromatic N) is 2. The lowest BCUT2D eigenvalue weighted by molar-refractivity contribution is 0.0972. The van der Waals surface area contributed by atoms with E-state index in [0.717, 1.165) is 13.0 Å². The smallest absolute Gasteiger partial charge is 0.191 e. The van der Waals surface area contributed by atoms with E-state index in [4.69, 9.17) is 0 Å². The first-order valence-corrected chi connectivity index (χ1v) is 6.89. The first-order valence-electron chi connectivity index (χ1n) is 6.01. The maximum atomic E-state index is 11.7. The van der Waals surface area contributed by atoms with Crippen LogP contribution in [0.1, 0.15) is 41.9 Å². The second-order valence-electron chi connectivity index (χ2n) is 4.27. The summed E-state index contributed by atoms with van der Waals surface area (Å²) in [6.07, 6.45) is 7.32. The van der Waals surface area contributed by atoms with Crippen molar-refractivity contribution in [2.24, 2.45) is 0 Å². The van der Waals surface area contributed by atoms with Crippen LogP contribution < -0.4 is 0 Å². The first kappa shape index (κ1) is 11.7. The topological polar surface area (TPSA) is 33.2 Å². The van der Waals surface area contributed by atoms with Crippen LogP contribution in [-0.4, -0.2) is 35.3 Å². The molecule has 0 bridgehead atoms. The third-order valence-electron chi connectivity index (χ3n) is 3.00. The number of Topliss-reactive ketones (excluding diaryl/α,β-unsaturated/α-hetero) is 1. The Morgan fingerprint density at radius 2 is 2.19 bits per heavy atom. The highest BCUT2D eigenvalue weighted by molar-refractivity contribution is 7.11. The minimum atomic E-state index is 0.201. The van der Waals surface area contributed by atoms with Crippen molar-refractivity contribution in [2.45, 2.75) is 32.1 Å². The van der Waals surface area contributed by atoms with Crippen molar-refractivity contribution in [1.82, 2.24) is 9.88 Å². The second-order valence-corrected chi connectivity index (χ2v) is 5.16. The van der Waals surface area contributed by atoms with Crippen molar-refractivity contribution in [3.63, 3.8) is 0 Å². The molecule has 4 heteroatoms. The summed E-state index contributed by atoms with van der Waals surface area (Å²) in [7, 11) is 0. The van der Waals surface area contributed by atoms with Crippen LogP contribution in [0.3, 0.4) is 0 Å². The maximum absolute atomic E-state index is 11.7. The number of likely N-dealkylation sites (tertiary alicyclic amines) is 1. The fraction of sp³-hybridized carbons (Fsp3) is 0.667. The van der Waals surface area contributed by atoms with Crippen molar-refractivity contribution in [1.29, 1.82) is 0 Å². The van der Waals surface area contributed by atoms with E-state index in [9.17, 15) is 4.79 Å². The van der Waals surface area contributed by atoms with E-state index in [1.54, 1.807) is 6.20 Å². The van der Waals surface area contributed by atoms with Gasteiger partial charge in [-0.3, -0.25) is 4.79 Å². The van der Waals surface area contributed by atoms with Gasteiger partial charge in [-0.05, 0) is 38.9 Å². The molecule has 1 saturated heterocycles. The van der Waals surface area contributed by atoms with Gasteiger partial charge >= 0.3 is 0 Å². The van der Waals surface area contributed by atoms with Crippen molar-refractivity contribution >= 4 is 17.1 Å². The number of piperidine rings is 1. The number of aromatic nitrogens is 1. The number of ketones is 1. The van der Waals surface area contributed by atoms with Gasteiger partial charge in [0.1, 0.15) is 0 Å². The Bertz CT molecular complexity index is 318. The molecule has 88 valence electrons. The summed E-state index contributed by atoms with van der Waals surface area (Å²) in [6.45, 7) is 3.49. The molecule has 0 aliphatic carbocycles. The predicted octanol–water partition coefficient (Wildman–Crippen LogP) is 2.59. The molecule has 2 heterocycles. The number of carbonyl (C=O) groups is 1. The maximum Gasteiger partial charge on any atom is 0.191 e. The third-order valence-corrected chi connectivity index (χ3v) is 3.81. The Hall–Kier alpha value is -0.740. The van der Waals surface area contributed by atoms with E-state index in [-0.39, 0.29) is 5.78 Å². The molecule has 0 spiro atoms. The van der Waals surface area contributed by atoms with Crippen LogP contribution in [0.15, 0.2) is 11.6 Å². The van der Waals surface area contributed by atoms with Crippen LogP contribution in [0.25, 0.3) is 0 Å². The van der Waals surface area contributed by atoms with Crippen LogP contribution >= 0.6 is 11.3 Å². The summed E-state index contributed by atoms with van der Waals surface area (Å²) in [5.41, 5.74) is 0. The fourth-order valence-corrected chi connectivity index (χ4v) is 2.72. The van der Waals surface area contributed by atoms with E-state index in [1.807, 2.05) is 5.38 Å². The zero-order valence-corrected chi connectivity index (χ0v) is 10.3. The second kappa shape index (κ2) is 6.11. The Morgan fingerprint density at radius 1 is 1.38 bits per heavy atom. The highest BCUT2D eigenvalue weighted by atomic mass is 32.1. The Kier molecular flexibility index (Phi) is 4.48. The van der Waals surface area contributed by atoms with E-state index in [1.165, 1.54) is 43.7 Å². The summed E-state index contributed by atoms with van der Waals surface area (Å²) in [4.78, 5) is 18.2. The Balaban J connectivity index is 1.66. The number of rotatable bonds is 5. The van der Waals surface area contributed by atoms with Gasteiger partial charge in [0.05, 0.1) is 0 Å². The number of hydrogen-bond acceptors (Lipinski definition) is 4. The van der Waals surface area contributed by atoms with E-state index < -0.39 is 0 Å². The van der Waals surface area contributed by atoms with Crippen molar-refractivity contribution < 1.29 is 4.79 Å². The van der Waals surface area contributed by atoms with Gasteiger partial charge in [0.2, 0.25) is 0 Å². The highest BCUT2D eigenvalue weighted by Gasteiger charge is 2.12. The minimum Gasteiger partial charge on any atom is -0.303 e. The Morgan fingerprint density at radius 3 is 2.88 bits per heavy atom. The lowest BCUT2D eigenvalue weighted by atomic mass is 10.1. The molecule has 0 atom stereocenters. The van der Waals surface area contributed by atoms with Gasteiger partial charge in [0.25, 0.3) is 0 Å². The van der Waals surface area contributed by atoms with E-state index >= 15 is 0 Å². The molecule has 1 fully saturated rings. The van der Waals surface area contributed by atoms with E-state index in [2.05, 4.69) is 9.88 Å². The molecule has 0 amide bonds. The number of hydrogen-bond donors (Lipinski definition) is 0. The summed E-state index contributed by atoms with van der Waals surface area (Å²) < 4.78 is 0. The minimum absolute atomic E-state index is 0.201. The van der Waals surface area contributed by atoms with Gasteiger partial charge in [0.15, 0.2) is 10.8 Å². The van der Waals surface area contributed by atoms with Crippen LogP contribution in [0.5, 0.6) is 0 Å². The van der Waals surface area contributed by atoms with Crippen LogP contribution in [0, 0.1) is 0 Å². The fourth-order valence-electron chi connectivity index (χ4n) is 2.11. The molecule has 1 aromatic rings. The van der Waals surface area contributed by atoms with Gasteiger partial charge in [-0.1, -0.05) is 6.42 Å². The summed E-state index contributed by atoms with van der Waals surface area (Å²) in [5.74, 6) is 0.201. The van der Waals surface area contributed by atoms with Gasteiger partial charge in [-0.2, -0.15) is 0 Å². The van der Waals surface area contributed by atoms with Crippen LogP contribution in [0.2, 0.25) is 0 Å². The van der Waals surface area contributed by atoms with Crippen LogP contribution in [-0.2, 0) is 0 Å². The highest BCUT2D eigenvalue weighted by Crippen LogP contribution is 2.12. The predicted molar refractivity (Wildman–Crippen MR) is 66.0 cm³/mol. The quantitative estimate of drug-likeness (QED) is 0.739. The molecule has 2 rings (SSSR count). The SMILES string of the molecule is O=C(CCCN1CCCCC1)c1nccs1. The molecule has 1 aliphatic heterocycles. The Labute approximate surface area is 100 Å². The molecule has 1 aliphatic rings. The summed E-state index contributed by atoms with van der Waals surface area (Å²) in [5, 5.41) is 2.52. The molecule has 0 unspecified atom stereocenters. The lowest BCUT2D eigenvalue weighted by Gasteiger charge is -2.26. The standard InChI is InChI=1S/C12H18N2OS/c15-11(12-13-6-10-16-12)5-4-9-14-7-2-1-3-8-14/h6,10H,1-5,7-9H2. The molecule has 3 nitrogen and oxygen atoms in total. The van der Waals surface area contributed by atoms with Gasteiger partial charge in [0, 0.05) is 18.0 Å². The van der Waals surface area contributed by atoms with Gasteiger partial charge < -0.3 is 4.90 Å². The first-order chi connectivity index (χ1) is 7.86. The van der Waals surface area contributed by atoms with Crippen LogP contribution in [0.4, 0.5) is 0 Å². The molecule has 1 aromatic heterocycles. The average molecular weight is 238 g/mol. The molecule has 0 aromatic carbocycles. The molecule has 0 radical (unpaired) electrons. The number of thiazole rings is 1. The van der Waals surface area contributed by atoms with Crippen molar-refractivity contribution in [3.05, 3.63) is 16.6 Å². The average Bonchev–Trinajstić information content (AvgIpc) is 2.84. The molecule has 0 saturated carbocycles. The zero-order chi connectivity index (χ0) is 11.2. The third kappa shape index (κ3) is 3.39. The van der Waals surface area contributed by atoms with Gasteiger partial charge in [-0.25, -0.2) is 4.98 Å². The molecular weight excluding hydrogens is 220 g/mol. The largest absolute Gasteiger partial charge is 0.303 e. The normalized spacial score (nSPS) is 17.5. The van der Waals surface area contributed by atoms with Crippen molar-refractivity contribution in [2.75, 3.05) is 19.6 Å². The summed E-state index contributed by atoms with van der Waals surface area (Å²) >= 11 is 1.44. The van der Waals surface area contributed by atoms with E-state index in [0.29, 0.717) is 11.4 Å². The summed E-state index contributed by atoms with van der Waals surface area (Å²) in [6, 6.07) is 0. The molecular formula is C12H18N2OS. The molecule has 0 N–H and O–H groups in total. The molecule has 16 heavy (non-hydrogen) atoms. The lowest BCUT2D eigenvalue weighted by Crippen LogP contribution is -2.30. The zero-order valence-electron chi connectivity index (χ0n) is 9.52. The number of carbonyl (C=O) groups excluding carboxylic acids is 1. The monoisotopic (exact) mass is 238 g/mol.